The van der Waals surface area contributed by atoms with Crippen LogP contribution >= 0.6 is 0 Å². The van der Waals surface area contributed by atoms with Crippen molar-refractivity contribution >= 4 is 13.8 Å². The number of carbonyl (C=O) groups is 1. The number of carboxylic acid groups (broad SMARTS) is 1. The maximum atomic E-state index is 11.1. The van der Waals surface area contributed by atoms with Crippen LogP contribution in [0.3, 0.4) is 0 Å². The summed E-state index contributed by atoms with van der Waals surface area (Å²) in [4.78, 5) is 13.3. The predicted octanol–water partition coefficient (Wildman–Crippen LogP) is 0.859. The van der Waals surface area contributed by atoms with Gasteiger partial charge in [0.15, 0.2) is 0 Å². The third-order valence-electron chi connectivity index (χ3n) is 3.65. The van der Waals surface area contributed by atoms with E-state index in [1.165, 1.54) is 0 Å². The first-order valence-corrected chi connectivity index (χ1v) is 5.95. The van der Waals surface area contributed by atoms with Crippen LogP contribution in [0.5, 0.6) is 0 Å². The molecule has 15 heavy (non-hydrogen) atoms. The normalized spacial score (nSPS) is 31.0. The van der Waals surface area contributed by atoms with Crippen LogP contribution in [0.1, 0.15) is 25.7 Å². The van der Waals surface area contributed by atoms with Gasteiger partial charge in [0.2, 0.25) is 0 Å². The summed E-state index contributed by atoms with van der Waals surface area (Å²) >= 11 is 0. The highest BCUT2D eigenvalue weighted by Crippen LogP contribution is 2.37. The van der Waals surface area contributed by atoms with Crippen molar-refractivity contribution in [2.45, 2.75) is 38.0 Å². The van der Waals surface area contributed by atoms with Gasteiger partial charge in [-0.3, -0.25) is 4.79 Å². The number of nitrogens with zero attached hydrogens (tertiary/aromatic N) is 1. The molecule has 3 atom stereocenters. The van der Waals surface area contributed by atoms with Crippen LogP contribution in [0.4, 0.5) is 0 Å². The van der Waals surface area contributed by atoms with Crippen molar-refractivity contribution in [2.24, 2.45) is 11.8 Å². The molecule has 0 aromatic carbocycles. The highest BCUT2D eigenvalue weighted by molar-refractivity contribution is 6.08. The Balaban J connectivity index is 2.55. The SMILES string of the molecule is BCCC[C@H]1C[C@H](N(C)C)C[C@H]1C(=O)O. The fourth-order valence-corrected chi connectivity index (χ4v) is 2.60. The average molecular weight is 211 g/mol. The maximum absolute atomic E-state index is 11.1. The van der Waals surface area contributed by atoms with E-state index in [-0.39, 0.29) is 5.92 Å². The summed E-state index contributed by atoms with van der Waals surface area (Å²) in [5.74, 6) is -0.306. The summed E-state index contributed by atoms with van der Waals surface area (Å²) < 4.78 is 0. The molecule has 1 aliphatic rings. The third kappa shape index (κ3) is 3.23. The van der Waals surface area contributed by atoms with E-state index in [1.807, 2.05) is 14.1 Å². The van der Waals surface area contributed by atoms with Gasteiger partial charge in [0.25, 0.3) is 0 Å². The third-order valence-corrected chi connectivity index (χ3v) is 3.65. The number of rotatable bonds is 5. The summed E-state index contributed by atoms with van der Waals surface area (Å²) in [7, 11) is 6.26. The molecule has 86 valence electrons. The largest absolute Gasteiger partial charge is 0.481 e. The van der Waals surface area contributed by atoms with Gasteiger partial charge in [-0.15, -0.1) is 0 Å². The zero-order valence-corrected chi connectivity index (χ0v) is 10.1. The van der Waals surface area contributed by atoms with E-state index in [2.05, 4.69) is 12.7 Å². The predicted molar refractivity (Wildman–Crippen MR) is 63.9 cm³/mol. The first-order chi connectivity index (χ1) is 7.06. The smallest absolute Gasteiger partial charge is 0.306 e. The number of hydrogen-bond acceptors (Lipinski definition) is 2. The Morgan fingerprint density at radius 2 is 2.13 bits per heavy atom. The molecule has 0 aromatic heterocycles. The van der Waals surface area contributed by atoms with Gasteiger partial charge >= 0.3 is 5.97 Å². The lowest BCUT2D eigenvalue weighted by Crippen LogP contribution is -2.25. The summed E-state index contributed by atoms with van der Waals surface area (Å²) in [5.41, 5.74) is 0. The van der Waals surface area contributed by atoms with Crippen molar-refractivity contribution in [3.8, 4) is 0 Å². The molecule has 0 unspecified atom stereocenters. The second kappa shape index (κ2) is 5.54. The molecule has 0 amide bonds. The molecule has 0 bridgehead atoms. The van der Waals surface area contributed by atoms with Crippen LogP contribution in [0.25, 0.3) is 0 Å². The Morgan fingerprint density at radius 3 is 2.60 bits per heavy atom. The van der Waals surface area contributed by atoms with Gasteiger partial charge < -0.3 is 10.0 Å². The summed E-state index contributed by atoms with van der Waals surface area (Å²) in [6.07, 6.45) is 5.29. The second-order valence-corrected chi connectivity index (χ2v) is 4.94. The number of aliphatic carboxylic acids is 1. The summed E-state index contributed by atoms with van der Waals surface area (Å²) in [6.45, 7) is 0. The molecule has 0 spiro atoms. The van der Waals surface area contributed by atoms with Gasteiger partial charge in [-0.05, 0) is 32.9 Å². The molecule has 4 heteroatoms. The van der Waals surface area contributed by atoms with Crippen LogP contribution in [0.15, 0.2) is 0 Å². The Kier molecular flexibility index (Phi) is 4.64. The Labute approximate surface area is 93.3 Å². The topological polar surface area (TPSA) is 40.5 Å². The zero-order valence-electron chi connectivity index (χ0n) is 10.1. The lowest BCUT2D eigenvalue weighted by molar-refractivity contribution is -0.143. The minimum Gasteiger partial charge on any atom is -0.481 e. The van der Waals surface area contributed by atoms with E-state index in [4.69, 9.17) is 5.11 Å². The van der Waals surface area contributed by atoms with Crippen molar-refractivity contribution in [3.05, 3.63) is 0 Å². The molecule has 1 N–H and O–H groups in total. The average Bonchev–Trinajstić information content (AvgIpc) is 2.58. The number of hydrogen-bond donors (Lipinski definition) is 1. The Morgan fingerprint density at radius 1 is 1.47 bits per heavy atom. The molecule has 1 aliphatic carbocycles. The lowest BCUT2D eigenvalue weighted by Gasteiger charge is -2.18. The van der Waals surface area contributed by atoms with Crippen molar-refractivity contribution in [1.29, 1.82) is 0 Å². The minimum absolute atomic E-state index is 0.107. The van der Waals surface area contributed by atoms with Gasteiger partial charge in [-0.1, -0.05) is 19.2 Å². The fourth-order valence-electron chi connectivity index (χ4n) is 2.60. The monoisotopic (exact) mass is 211 g/mol. The molecular weight excluding hydrogens is 189 g/mol. The van der Waals surface area contributed by atoms with Crippen LogP contribution in [0, 0.1) is 11.8 Å². The van der Waals surface area contributed by atoms with E-state index in [0.717, 1.165) is 32.0 Å². The van der Waals surface area contributed by atoms with Crippen LogP contribution in [0.2, 0.25) is 6.32 Å². The molecule has 0 aliphatic heterocycles. The molecule has 0 radical (unpaired) electrons. The van der Waals surface area contributed by atoms with Crippen molar-refractivity contribution in [3.63, 3.8) is 0 Å². The van der Waals surface area contributed by atoms with E-state index in [0.29, 0.717) is 12.0 Å². The highest BCUT2D eigenvalue weighted by Gasteiger charge is 2.38. The molecule has 3 nitrogen and oxygen atoms in total. The Bertz CT molecular complexity index is 221. The highest BCUT2D eigenvalue weighted by atomic mass is 16.4. The quantitative estimate of drug-likeness (QED) is 0.685. The van der Waals surface area contributed by atoms with E-state index in [1.54, 1.807) is 0 Å². The van der Waals surface area contributed by atoms with E-state index >= 15 is 0 Å². The van der Waals surface area contributed by atoms with Crippen molar-refractivity contribution < 1.29 is 9.90 Å². The van der Waals surface area contributed by atoms with Crippen LogP contribution in [-0.2, 0) is 4.79 Å². The van der Waals surface area contributed by atoms with E-state index in [9.17, 15) is 4.79 Å². The molecule has 1 rings (SSSR count). The summed E-state index contributed by atoms with van der Waals surface area (Å²) in [5, 5.41) is 9.16. The molecule has 0 saturated heterocycles. The fraction of sp³-hybridized carbons (Fsp3) is 0.909. The summed E-state index contributed by atoms with van der Waals surface area (Å²) in [6, 6.07) is 0.466. The number of carboxylic acids is 1. The van der Waals surface area contributed by atoms with Crippen LogP contribution < -0.4 is 0 Å². The van der Waals surface area contributed by atoms with Gasteiger partial charge in [0.1, 0.15) is 7.85 Å². The lowest BCUT2D eigenvalue weighted by atomic mass is 9.88. The zero-order chi connectivity index (χ0) is 11.4. The van der Waals surface area contributed by atoms with Crippen LogP contribution in [-0.4, -0.2) is 44.0 Å². The Hall–Kier alpha value is -0.505. The van der Waals surface area contributed by atoms with Gasteiger partial charge in [-0.25, -0.2) is 0 Å². The van der Waals surface area contributed by atoms with Gasteiger partial charge in [-0.2, -0.15) is 0 Å². The first-order valence-electron chi connectivity index (χ1n) is 5.95. The first kappa shape index (κ1) is 12.6. The second-order valence-electron chi connectivity index (χ2n) is 4.94. The van der Waals surface area contributed by atoms with Gasteiger partial charge in [0.05, 0.1) is 5.92 Å². The van der Waals surface area contributed by atoms with E-state index < -0.39 is 5.97 Å². The standard InChI is InChI=1S/C11H22BNO2/c1-13(2)9-6-8(4-3-5-12)10(7-9)11(14)15/h8-10H,3-7,12H2,1-2H3,(H,14,15)/t8-,9-,10+/m0/s1. The molecule has 0 aromatic rings. The molecule has 1 fully saturated rings. The molecule has 1 saturated carbocycles. The van der Waals surface area contributed by atoms with Gasteiger partial charge in [0, 0.05) is 6.04 Å². The van der Waals surface area contributed by atoms with Crippen molar-refractivity contribution in [2.75, 3.05) is 14.1 Å². The maximum Gasteiger partial charge on any atom is 0.306 e. The molecular formula is C11H22BNO2. The minimum atomic E-state index is -0.597. The van der Waals surface area contributed by atoms with Crippen molar-refractivity contribution in [1.82, 2.24) is 4.90 Å². The molecule has 0 heterocycles.